The van der Waals surface area contributed by atoms with Gasteiger partial charge in [-0.3, -0.25) is 0 Å². The minimum absolute atomic E-state index is 0.270. The van der Waals surface area contributed by atoms with Crippen LogP contribution in [0.3, 0.4) is 0 Å². The van der Waals surface area contributed by atoms with E-state index in [1.807, 2.05) is 6.07 Å². The first kappa shape index (κ1) is 14.2. The van der Waals surface area contributed by atoms with Gasteiger partial charge in [0, 0.05) is 11.6 Å². The number of rotatable bonds is 3. The zero-order valence-corrected chi connectivity index (χ0v) is 12.4. The molecule has 1 aromatic rings. The number of hydrogen-bond donors (Lipinski definition) is 1. The van der Waals surface area contributed by atoms with Gasteiger partial charge in [-0.2, -0.15) is 0 Å². The predicted octanol–water partition coefficient (Wildman–Crippen LogP) is 3.31. The van der Waals surface area contributed by atoms with Crippen molar-refractivity contribution in [3.8, 4) is 11.5 Å². The van der Waals surface area contributed by atoms with Gasteiger partial charge < -0.3 is 15.2 Å². The van der Waals surface area contributed by atoms with Crippen molar-refractivity contribution in [1.82, 2.24) is 0 Å². The van der Waals surface area contributed by atoms with E-state index in [1.54, 1.807) is 14.2 Å². The van der Waals surface area contributed by atoms with Crippen LogP contribution in [0, 0.1) is 11.8 Å². The van der Waals surface area contributed by atoms with Crippen LogP contribution in [-0.4, -0.2) is 14.2 Å². The summed E-state index contributed by atoms with van der Waals surface area (Å²) in [4.78, 5) is 0. The van der Waals surface area contributed by atoms with Crippen molar-refractivity contribution in [2.45, 2.75) is 38.6 Å². The quantitative estimate of drug-likeness (QED) is 0.910. The molecular weight excluding hydrogens is 238 g/mol. The van der Waals surface area contributed by atoms with E-state index in [9.17, 15) is 0 Å². The number of benzene rings is 1. The summed E-state index contributed by atoms with van der Waals surface area (Å²) in [5.74, 6) is 2.85. The number of ether oxygens (including phenoxy) is 2. The van der Waals surface area contributed by atoms with Gasteiger partial charge in [-0.05, 0) is 48.8 Å². The van der Waals surface area contributed by atoms with Gasteiger partial charge in [0.2, 0.25) is 0 Å². The molecule has 0 aromatic heterocycles. The fraction of sp³-hybridized carbons (Fsp3) is 0.625. The summed E-state index contributed by atoms with van der Waals surface area (Å²) >= 11 is 0. The summed E-state index contributed by atoms with van der Waals surface area (Å²) in [5.41, 5.74) is 7.58. The molecule has 0 amide bonds. The molecule has 0 heterocycles. The topological polar surface area (TPSA) is 44.5 Å². The maximum absolute atomic E-state index is 6.72. The van der Waals surface area contributed by atoms with Crippen LogP contribution < -0.4 is 15.2 Å². The lowest BCUT2D eigenvalue weighted by atomic mass is 9.67. The second kappa shape index (κ2) is 5.41. The van der Waals surface area contributed by atoms with Crippen LogP contribution in [0.2, 0.25) is 0 Å². The monoisotopic (exact) mass is 263 g/mol. The molecule has 1 aromatic carbocycles. The number of methoxy groups -OCH3 is 2. The van der Waals surface area contributed by atoms with Crippen molar-refractivity contribution < 1.29 is 9.47 Å². The lowest BCUT2D eigenvalue weighted by molar-refractivity contribution is 0.164. The van der Waals surface area contributed by atoms with Gasteiger partial charge in [0.05, 0.1) is 14.2 Å². The lowest BCUT2D eigenvalue weighted by Gasteiger charge is -2.42. The largest absolute Gasteiger partial charge is 0.497 e. The van der Waals surface area contributed by atoms with Gasteiger partial charge in [0.1, 0.15) is 11.5 Å². The van der Waals surface area contributed by atoms with Gasteiger partial charge in [0.15, 0.2) is 0 Å². The van der Waals surface area contributed by atoms with E-state index in [0.29, 0.717) is 5.92 Å². The Morgan fingerprint density at radius 3 is 2.16 bits per heavy atom. The maximum atomic E-state index is 6.72. The third-order valence-electron chi connectivity index (χ3n) is 4.58. The van der Waals surface area contributed by atoms with Crippen molar-refractivity contribution in [2.24, 2.45) is 17.6 Å². The van der Waals surface area contributed by atoms with Gasteiger partial charge in [0.25, 0.3) is 0 Å². The minimum Gasteiger partial charge on any atom is -0.497 e. The molecule has 0 aliphatic heterocycles. The van der Waals surface area contributed by atoms with E-state index in [-0.39, 0.29) is 5.54 Å². The van der Waals surface area contributed by atoms with Crippen molar-refractivity contribution in [3.63, 3.8) is 0 Å². The van der Waals surface area contributed by atoms with Gasteiger partial charge in [-0.15, -0.1) is 0 Å². The summed E-state index contributed by atoms with van der Waals surface area (Å²) in [6.07, 6.45) is 3.38. The normalized spacial score (nSPS) is 31.0. The van der Waals surface area contributed by atoms with Crippen LogP contribution in [0.4, 0.5) is 0 Å². The van der Waals surface area contributed by atoms with E-state index in [1.165, 1.54) is 12.8 Å². The summed E-state index contributed by atoms with van der Waals surface area (Å²) < 4.78 is 10.7. The van der Waals surface area contributed by atoms with Crippen LogP contribution >= 0.6 is 0 Å². The molecule has 3 nitrogen and oxygen atoms in total. The fourth-order valence-electron chi connectivity index (χ4n) is 3.17. The minimum atomic E-state index is -0.270. The Hall–Kier alpha value is -1.22. The highest BCUT2D eigenvalue weighted by molar-refractivity contribution is 5.42. The first-order valence-corrected chi connectivity index (χ1v) is 7.02. The molecule has 0 saturated heterocycles. The maximum Gasteiger partial charge on any atom is 0.122 e. The predicted molar refractivity (Wildman–Crippen MR) is 77.6 cm³/mol. The third kappa shape index (κ3) is 2.71. The molecule has 1 fully saturated rings. The molecule has 3 unspecified atom stereocenters. The van der Waals surface area contributed by atoms with Crippen LogP contribution in [-0.2, 0) is 5.54 Å². The smallest absolute Gasteiger partial charge is 0.122 e. The Labute approximate surface area is 116 Å². The van der Waals surface area contributed by atoms with Crippen LogP contribution in [0.5, 0.6) is 11.5 Å². The lowest BCUT2D eigenvalue weighted by Crippen LogP contribution is -2.46. The van der Waals surface area contributed by atoms with Crippen molar-refractivity contribution >= 4 is 0 Å². The molecule has 0 bridgehead atoms. The van der Waals surface area contributed by atoms with Crippen LogP contribution in [0.1, 0.15) is 38.7 Å². The molecule has 3 heteroatoms. The summed E-state index contributed by atoms with van der Waals surface area (Å²) in [7, 11) is 3.35. The fourth-order valence-corrected chi connectivity index (χ4v) is 3.17. The molecule has 0 radical (unpaired) electrons. The molecule has 1 aliphatic rings. The van der Waals surface area contributed by atoms with E-state index < -0.39 is 0 Å². The van der Waals surface area contributed by atoms with Gasteiger partial charge in [-0.25, -0.2) is 0 Å². The molecule has 106 valence electrons. The Morgan fingerprint density at radius 2 is 1.68 bits per heavy atom. The highest BCUT2D eigenvalue weighted by Gasteiger charge is 2.38. The van der Waals surface area contributed by atoms with E-state index in [4.69, 9.17) is 15.2 Å². The summed E-state index contributed by atoms with van der Waals surface area (Å²) in [6.45, 7) is 4.56. The molecule has 1 saturated carbocycles. The average molecular weight is 263 g/mol. The van der Waals surface area contributed by atoms with E-state index in [0.717, 1.165) is 29.4 Å². The van der Waals surface area contributed by atoms with E-state index in [2.05, 4.69) is 26.0 Å². The number of nitrogens with two attached hydrogens (primary N) is 1. The van der Waals surface area contributed by atoms with Crippen molar-refractivity contribution in [1.29, 1.82) is 0 Å². The molecule has 1 aliphatic carbocycles. The Kier molecular flexibility index (Phi) is 4.04. The second-order valence-electron chi connectivity index (χ2n) is 5.92. The van der Waals surface area contributed by atoms with Crippen LogP contribution in [0.15, 0.2) is 18.2 Å². The summed E-state index contributed by atoms with van der Waals surface area (Å²) in [6, 6.07) is 5.99. The molecule has 0 spiro atoms. The molecule has 2 N–H and O–H groups in total. The molecular formula is C16H25NO2. The highest BCUT2D eigenvalue weighted by Crippen LogP contribution is 2.43. The van der Waals surface area contributed by atoms with Gasteiger partial charge in [-0.1, -0.05) is 13.8 Å². The second-order valence-corrected chi connectivity index (χ2v) is 5.92. The third-order valence-corrected chi connectivity index (χ3v) is 4.58. The average Bonchev–Trinajstić information content (AvgIpc) is 2.42. The Bertz CT molecular complexity index is 424. The zero-order valence-electron chi connectivity index (χ0n) is 12.4. The first-order valence-electron chi connectivity index (χ1n) is 7.02. The van der Waals surface area contributed by atoms with Crippen molar-refractivity contribution in [2.75, 3.05) is 14.2 Å². The standard InChI is InChI=1S/C16H25NO2/c1-11-5-6-16(17,12(2)7-11)13-8-14(18-3)10-15(9-13)19-4/h8-12H,5-7,17H2,1-4H3. The zero-order chi connectivity index (χ0) is 14.0. The number of hydrogen-bond acceptors (Lipinski definition) is 3. The highest BCUT2D eigenvalue weighted by atomic mass is 16.5. The Morgan fingerprint density at radius 1 is 1.11 bits per heavy atom. The van der Waals surface area contributed by atoms with E-state index >= 15 is 0 Å². The first-order chi connectivity index (χ1) is 8.99. The molecule has 2 rings (SSSR count). The SMILES string of the molecule is COc1cc(OC)cc(C2(N)CCC(C)CC2C)c1. The summed E-state index contributed by atoms with van der Waals surface area (Å²) in [5, 5.41) is 0. The molecule has 3 atom stereocenters. The Balaban J connectivity index is 2.39. The van der Waals surface area contributed by atoms with Crippen molar-refractivity contribution in [3.05, 3.63) is 23.8 Å². The van der Waals surface area contributed by atoms with Gasteiger partial charge >= 0.3 is 0 Å². The molecule has 19 heavy (non-hydrogen) atoms. The van der Waals surface area contributed by atoms with Crippen LogP contribution in [0.25, 0.3) is 0 Å².